The highest BCUT2D eigenvalue weighted by atomic mass is 15.1. The van der Waals surface area contributed by atoms with Crippen LogP contribution in [0.5, 0.6) is 0 Å². The highest BCUT2D eigenvalue weighted by Crippen LogP contribution is 2.40. The summed E-state index contributed by atoms with van der Waals surface area (Å²) in [5, 5.41) is 3.26. The average molecular weight is 191 g/mol. The Morgan fingerprint density at radius 3 is 3.07 bits per heavy atom. The molecule has 1 heterocycles. The van der Waals surface area contributed by atoms with Gasteiger partial charge in [-0.3, -0.25) is 0 Å². The van der Waals surface area contributed by atoms with E-state index in [0.717, 1.165) is 12.6 Å². The van der Waals surface area contributed by atoms with E-state index in [9.17, 15) is 0 Å². The van der Waals surface area contributed by atoms with Crippen LogP contribution in [0.25, 0.3) is 0 Å². The van der Waals surface area contributed by atoms with Crippen molar-refractivity contribution < 1.29 is 0 Å². The van der Waals surface area contributed by atoms with Crippen molar-refractivity contribution in [1.82, 2.24) is 14.9 Å². The highest BCUT2D eigenvalue weighted by molar-refractivity contribution is 5.25. The van der Waals surface area contributed by atoms with Crippen molar-refractivity contribution in [3.05, 3.63) is 17.7 Å². The molecule has 0 spiro atoms. The second-order valence-corrected chi connectivity index (χ2v) is 4.51. The molecule has 3 rings (SSSR count). The Morgan fingerprint density at radius 2 is 2.36 bits per heavy atom. The Kier molecular flexibility index (Phi) is 1.87. The number of rotatable bonds is 3. The minimum absolute atomic E-state index is 0.662. The molecule has 0 aromatic carbocycles. The van der Waals surface area contributed by atoms with E-state index >= 15 is 0 Å². The van der Waals surface area contributed by atoms with Crippen molar-refractivity contribution in [3.8, 4) is 0 Å². The Labute approximate surface area is 84.5 Å². The van der Waals surface area contributed by atoms with Crippen LogP contribution in [0.2, 0.25) is 0 Å². The molecule has 3 heteroatoms. The van der Waals surface area contributed by atoms with Crippen LogP contribution < -0.4 is 5.32 Å². The van der Waals surface area contributed by atoms with Crippen LogP contribution in [0.1, 0.15) is 42.6 Å². The molecule has 1 aromatic heterocycles. The summed E-state index contributed by atoms with van der Waals surface area (Å²) >= 11 is 0. The van der Waals surface area contributed by atoms with E-state index in [4.69, 9.17) is 0 Å². The molecule has 1 fully saturated rings. The number of fused-ring (bicyclic) bond motifs is 1. The van der Waals surface area contributed by atoms with Crippen LogP contribution in [0.3, 0.4) is 0 Å². The van der Waals surface area contributed by atoms with Crippen molar-refractivity contribution in [2.75, 3.05) is 13.6 Å². The third kappa shape index (κ3) is 1.19. The van der Waals surface area contributed by atoms with Crippen LogP contribution >= 0.6 is 0 Å². The van der Waals surface area contributed by atoms with Crippen LogP contribution in [0.4, 0.5) is 0 Å². The molecular formula is C11H17N3. The third-order valence-corrected chi connectivity index (χ3v) is 3.44. The van der Waals surface area contributed by atoms with Gasteiger partial charge in [0.25, 0.3) is 0 Å². The van der Waals surface area contributed by atoms with Crippen molar-refractivity contribution in [1.29, 1.82) is 0 Å². The summed E-state index contributed by atoms with van der Waals surface area (Å²) in [5.41, 5.74) is 2.89. The first-order chi connectivity index (χ1) is 6.90. The first kappa shape index (κ1) is 8.48. The minimum atomic E-state index is 0.662. The van der Waals surface area contributed by atoms with Crippen molar-refractivity contribution >= 4 is 0 Å². The van der Waals surface area contributed by atoms with Gasteiger partial charge in [-0.25, -0.2) is 4.98 Å². The van der Waals surface area contributed by atoms with Crippen molar-refractivity contribution in [2.24, 2.45) is 0 Å². The standard InChI is InChI=1S/C11H17N3/c1-12-6-8-2-5-10-11(8)13-7-14(10)9-3-4-9/h7-9,12H,2-6H2,1H3. The van der Waals surface area contributed by atoms with Gasteiger partial charge < -0.3 is 9.88 Å². The maximum atomic E-state index is 4.58. The summed E-state index contributed by atoms with van der Waals surface area (Å²) in [6, 6.07) is 0.791. The van der Waals surface area contributed by atoms with E-state index in [2.05, 4.69) is 21.2 Å². The zero-order valence-electron chi connectivity index (χ0n) is 8.66. The van der Waals surface area contributed by atoms with Crippen molar-refractivity contribution in [3.63, 3.8) is 0 Å². The fraction of sp³-hybridized carbons (Fsp3) is 0.727. The second-order valence-electron chi connectivity index (χ2n) is 4.51. The van der Waals surface area contributed by atoms with E-state index in [1.54, 1.807) is 0 Å². The van der Waals surface area contributed by atoms with E-state index in [-0.39, 0.29) is 0 Å². The second kappa shape index (κ2) is 3.09. The molecule has 1 unspecified atom stereocenters. The SMILES string of the molecule is CNCC1CCc2c1ncn2C1CC1. The van der Waals surface area contributed by atoms with Gasteiger partial charge in [0.05, 0.1) is 12.0 Å². The molecule has 1 N–H and O–H groups in total. The van der Waals surface area contributed by atoms with Crippen LogP contribution in [0, 0.1) is 0 Å². The molecule has 0 saturated heterocycles. The Morgan fingerprint density at radius 1 is 1.50 bits per heavy atom. The molecule has 2 aliphatic carbocycles. The van der Waals surface area contributed by atoms with Crippen LogP contribution in [0.15, 0.2) is 6.33 Å². The lowest BCUT2D eigenvalue weighted by Crippen LogP contribution is -2.15. The largest absolute Gasteiger partial charge is 0.331 e. The third-order valence-electron chi connectivity index (χ3n) is 3.44. The quantitative estimate of drug-likeness (QED) is 0.784. The maximum Gasteiger partial charge on any atom is 0.0954 e. The zero-order valence-corrected chi connectivity index (χ0v) is 8.66. The summed E-state index contributed by atoms with van der Waals surface area (Å²) in [7, 11) is 2.02. The molecule has 1 saturated carbocycles. The summed E-state index contributed by atoms with van der Waals surface area (Å²) < 4.78 is 2.42. The Balaban J connectivity index is 1.89. The van der Waals surface area contributed by atoms with Gasteiger partial charge in [-0.1, -0.05) is 0 Å². The molecule has 14 heavy (non-hydrogen) atoms. The van der Waals surface area contributed by atoms with E-state index in [1.165, 1.54) is 37.1 Å². The van der Waals surface area contributed by atoms with Gasteiger partial charge >= 0.3 is 0 Å². The first-order valence-corrected chi connectivity index (χ1v) is 5.60. The molecule has 1 aromatic rings. The number of nitrogens with zero attached hydrogens (tertiary/aromatic N) is 2. The average Bonchev–Trinajstić information content (AvgIpc) is 2.81. The zero-order chi connectivity index (χ0) is 9.54. The Bertz CT molecular complexity index is 338. The molecule has 0 amide bonds. The number of likely N-dealkylation sites (N-methyl/N-ethyl adjacent to an activating group) is 1. The van der Waals surface area contributed by atoms with Crippen LogP contribution in [-0.4, -0.2) is 23.1 Å². The Hall–Kier alpha value is -0.830. The van der Waals surface area contributed by atoms with Gasteiger partial charge in [0, 0.05) is 24.2 Å². The lowest BCUT2D eigenvalue weighted by molar-refractivity contribution is 0.604. The summed E-state index contributed by atoms with van der Waals surface area (Å²) in [5.74, 6) is 0.662. The fourth-order valence-electron chi connectivity index (χ4n) is 2.56. The number of imidazole rings is 1. The monoisotopic (exact) mass is 191 g/mol. The molecule has 0 bridgehead atoms. The molecule has 0 aliphatic heterocycles. The molecule has 1 atom stereocenters. The van der Waals surface area contributed by atoms with E-state index in [1.807, 2.05) is 7.05 Å². The maximum absolute atomic E-state index is 4.58. The van der Waals surface area contributed by atoms with Gasteiger partial charge in [0.15, 0.2) is 0 Å². The van der Waals surface area contributed by atoms with Gasteiger partial charge in [-0.2, -0.15) is 0 Å². The predicted molar refractivity (Wildman–Crippen MR) is 55.5 cm³/mol. The lowest BCUT2D eigenvalue weighted by Gasteiger charge is -2.06. The normalized spacial score (nSPS) is 25.4. The molecule has 0 radical (unpaired) electrons. The van der Waals surface area contributed by atoms with Gasteiger partial charge in [0.1, 0.15) is 0 Å². The lowest BCUT2D eigenvalue weighted by atomic mass is 10.1. The number of aromatic nitrogens is 2. The van der Waals surface area contributed by atoms with Gasteiger partial charge in [-0.05, 0) is 32.7 Å². The predicted octanol–water partition coefficient (Wildman–Crippen LogP) is 1.47. The number of nitrogens with one attached hydrogen (secondary N) is 1. The first-order valence-electron chi connectivity index (χ1n) is 5.60. The summed E-state index contributed by atoms with van der Waals surface area (Å²) in [6.45, 7) is 1.08. The smallest absolute Gasteiger partial charge is 0.0954 e. The van der Waals surface area contributed by atoms with Gasteiger partial charge in [0.2, 0.25) is 0 Å². The molecule has 3 nitrogen and oxygen atoms in total. The van der Waals surface area contributed by atoms with Crippen molar-refractivity contribution in [2.45, 2.75) is 37.6 Å². The number of hydrogen-bond donors (Lipinski definition) is 1. The van der Waals surface area contributed by atoms with E-state index in [0.29, 0.717) is 5.92 Å². The molecular weight excluding hydrogens is 174 g/mol. The minimum Gasteiger partial charge on any atom is -0.331 e. The topological polar surface area (TPSA) is 29.9 Å². The van der Waals surface area contributed by atoms with Crippen LogP contribution in [-0.2, 0) is 6.42 Å². The fourth-order valence-corrected chi connectivity index (χ4v) is 2.56. The molecule has 2 aliphatic rings. The van der Waals surface area contributed by atoms with Gasteiger partial charge in [-0.15, -0.1) is 0 Å². The summed E-state index contributed by atoms with van der Waals surface area (Å²) in [6.07, 6.45) is 7.30. The summed E-state index contributed by atoms with van der Waals surface area (Å²) in [4.78, 5) is 4.58. The highest BCUT2D eigenvalue weighted by Gasteiger charge is 2.32. The van der Waals surface area contributed by atoms with E-state index < -0.39 is 0 Å². The number of hydrogen-bond acceptors (Lipinski definition) is 2. The molecule has 76 valence electrons.